The summed E-state index contributed by atoms with van der Waals surface area (Å²) in [5, 5.41) is 13.2. The topological polar surface area (TPSA) is 54.1 Å². The first-order valence-corrected chi connectivity index (χ1v) is 6.01. The van der Waals surface area contributed by atoms with Gasteiger partial charge >= 0.3 is 0 Å². The highest BCUT2D eigenvalue weighted by Crippen LogP contribution is 2.20. The van der Waals surface area contributed by atoms with Gasteiger partial charge in [0.1, 0.15) is 18.2 Å². The van der Waals surface area contributed by atoms with E-state index in [1.54, 1.807) is 11.7 Å². The van der Waals surface area contributed by atoms with Crippen LogP contribution in [-0.4, -0.2) is 40.9 Å². The lowest BCUT2D eigenvalue weighted by Gasteiger charge is -2.14. The predicted molar refractivity (Wildman–Crippen MR) is 63.8 cm³/mol. The Hall–Kier alpha value is -1.54. The standard InChI is InChI=1S/C12H18N4O/c1-10-11(9-13)12(15(2)14-10)17-8-7-16-5-3-4-6-16/h3-8H2,1-2H3. The zero-order valence-electron chi connectivity index (χ0n) is 10.4. The van der Waals surface area contributed by atoms with Crippen LogP contribution in [0.25, 0.3) is 0 Å². The molecule has 0 spiro atoms. The van der Waals surface area contributed by atoms with E-state index in [0.29, 0.717) is 18.1 Å². The second-order valence-electron chi connectivity index (χ2n) is 4.40. The van der Waals surface area contributed by atoms with Gasteiger partial charge in [-0.3, -0.25) is 4.90 Å². The number of hydrogen-bond acceptors (Lipinski definition) is 4. The van der Waals surface area contributed by atoms with E-state index in [-0.39, 0.29) is 0 Å². The maximum Gasteiger partial charge on any atom is 0.230 e. The number of aromatic nitrogens is 2. The lowest BCUT2D eigenvalue weighted by atomic mass is 10.3. The van der Waals surface area contributed by atoms with Crippen LogP contribution in [0.1, 0.15) is 24.1 Å². The molecule has 1 aromatic rings. The van der Waals surface area contributed by atoms with E-state index in [1.807, 2.05) is 6.92 Å². The van der Waals surface area contributed by atoms with Crippen molar-refractivity contribution in [2.45, 2.75) is 19.8 Å². The minimum Gasteiger partial charge on any atom is -0.476 e. The summed E-state index contributed by atoms with van der Waals surface area (Å²) < 4.78 is 7.31. The third-order valence-corrected chi connectivity index (χ3v) is 3.13. The molecule has 0 aliphatic carbocycles. The number of aryl methyl sites for hydroxylation is 2. The van der Waals surface area contributed by atoms with Crippen LogP contribution in [0.4, 0.5) is 0 Å². The molecule has 1 aromatic heterocycles. The van der Waals surface area contributed by atoms with Gasteiger partial charge in [0.05, 0.1) is 5.69 Å². The molecule has 5 nitrogen and oxygen atoms in total. The molecule has 2 rings (SSSR count). The van der Waals surface area contributed by atoms with E-state index < -0.39 is 0 Å². The van der Waals surface area contributed by atoms with Crippen molar-refractivity contribution in [2.24, 2.45) is 7.05 Å². The molecule has 0 atom stereocenters. The van der Waals surface area contributed by atoms with Gasteiger partial charge in [0.15, 0.2) is 0 Å². The Morgan fingerprint density at radius 1 is 1.41 bits per heavy atom. The van der Waals surface area contributed by atoms with Gasteiger partial charge in [0, 0.05) is 13.6 Å². The van der Waals surface area contributed by atoms with Crippen LogP contribution >= 0.6 is 0 Å². The lowest BCUT2D eigenvalue weighted by molar-refractivity contribution is 0.224. The number of nitrogens with zero attached hydrogens (tertiary/aromatic N) is 4. The summed E-state index contributed by atoms with van der Waals surface area (Å²) in [6.45, 7) is 5.70. The quantitative estimate of drug-likeness (QED) is 0.782. The lowest BCUT2D eigenvalue weighted by Crippen LogP contribution is -2.25. The largest absolute Gasteiger partial charge is 0.476 e. The third kappa shape index (κ3) is 2.59. The molecule has 0 bridgehead atoms. The monoisotopic (exact) mass is 234 g/mol. The van der Waals surface area contributed by atoms with Crippen LogP contribution in [0.5, 0.6) is 5.88 Å². The fourth-order valence-corrected chi connectivity index (χ4v) is 2.21. The molecule has 0 saturated carbocycles. The van der Waals surface area contributed by atoms with Gasteiger partial charge in [-0.1, -0.05) is 0 Å². The minimum absolute atomic E-state index is 0.550. The summed E-state index contributed by atoms with van der Waals surface area (Å²) in [4.78, 5) is 2.38. The van der Waals surface area contributed by atoms with Gasteiger partial charge in [-0.05, 0) is 32.9 Å². The molecule has 1 fully saturated rings. The minimum atomic E-state index is 0.550. The van der Waals surface area contributed by atoms with Crippen molar-refractivity contribution >= 4 is 0 Å². The zero-order valence-corrected chi connectivity index (χ0v) is 10.4. The Bertz CT molecular complexity index is 426. The zero-order chi connectivity index (χ0) is 12.3. The molecule has 0 radical (unpaired) electrons. The van der Waals surface area contributed by atoms with E-state index in [0.717, 1.165) is 12.2 Å². The highest BCUT2D eigenvalue weighted by Gasteiger charge is 2.15. The van der Waals surface area contributed by atoms with Crippen LogP contribution in [0.3, 0.4) is 0 Å². The summed E-state index contributed by atoms with van der Waals surface area (Å²) in [6, 6.07) is 2.14. The SMILES string of the molecule is Cc1nn(C)c(OCCN2CCCC2)c1C#N. The fraction of sp³-hybridized carbons (Fsp3) is 0.667. The van der Waals surface area contributed by atoms with Crippen molar-refractivity contribution in [3.63, 3.8) is 0 Å². The van der Waals surface area contributed by atoms with Crippen molar-refractivity contribution in [3.8, 4) is 11.9 Å². The molecular weight excluding hydrogens is 216 g/mol. The van der Waals surface area contributed by atoms with Gasteiger partial charge in [0.25, 0.3) is 0 Å². The highest BCUT2D eigenvalue weighted by atomic mass is 16.5. The van der Waals surface area contributed by atoms with E-state index in [9.17, 15) is 0 Å². The van der Waals surface area contributed by atoms with Crippen molar-refractivity contribution in [3.05, 3.63) is 11.3 Å². The van der Waals surface area contributed by atoms with Gasteiger partial charge in [-0.25, -0.2) is 4.68 Å². The molecule has 5 heteroatoms. The molecule has 1 saturated heterocycles. The van der Waals surface area contributed by atoms with E-state index in [2.05, 4.69) is 16.1 Å². The Morgan fingerprint density at radius 2 is 2.12 bits per heavy atom. The molecule has 0 N–H and O–H groups in total. The van der Waals surface area contributed by atoms with Crippen molar-refractivity contribution in [1.82, 2.24) is 14.7 Å². The molecule has 2 heterocycles. The fourth-order valence-electron chi connectivity index (χ4n) is 2.21. The molecule has 92 valence electrons. The van der Waals surface area contributed by atoms with Crippen LogP contribution in [0.15, 0.2) is 0 Å². The molecule has 0 amide bonds. The molecule has 0 unspecified atom stereocenters. The number of nitriles is 1. The average Bonchev–Trinajstić information content (AvgIpc) is 2.88. The Kier molecular flexibility index (Phi) is 3.64. The Morgan fingerprint density at radius 3 is 2.76 bits per heavy atom. The first kappa shape index (κ1) is 11.9. The van der Waals surface area contributed by atoms with Crippen LogP contribution < -0.4 is 4.74 Å². The van der Waals surface area contributed by atoms with Gasteiger partial charge in [-0.15, -0.1) is 0 Å². The van der Waals surface area contributed by atoms with E-state index in [1.165, 1.54) is 25.9 Å². The normalized spacial score (nSPS) is 16.1. The van der Waals surface area contributed by atoms with E-state index in [4.69, 9.17) is 10.00 Å². The predicted octanol–water partition coefficient (Wildman–Crippen LogP) is 1.07. The molecule has 1 aliphatic rings. The second kappa shape index (κ2) is 5.19. The summed E-state index contributed by atoms with van der Waals surface area (Å²) in [5.74, 6) is 0.587. The summed E-state index contributed by atoms with van der Waals surface area (Å²) in [7, 11) is 1.80. The van der Waals surface area contributed by atoms with Crippen LogP contribution in [-0.2, 0) is 7.05 Å². The first-order chi connectivity index (χ1) is 8.22. The average molecular weight is 234 g/mol. The van der Waals surface area contributed by atoms with Crippen molar-refractivity contribution in [2.75, 3.05) is 26.2 Å². The molecule has 17 heavy (non-hydrogen) atoms. The van der Waals surface area contributed by atoms with Crippen LogP contribution in [0, 0.1) is 18.3 Å². The van der Waals surface area contributed by atoms with Gasteiger partial charge in [0.2, 0.25) is 5.88 Å². The first-order valence-electron chi connectivity index (χ1n) is 6.01. The highest BCUT2D eigenvalue weighted by molar-refractivity contribution is 5.41. The summed E-state index contributed by atoms with van der Waals surface area (Å²) in [5.41, 5.74) is 1.28. The number of rotatable bonds is 4. The Labute approximate surface area is 102 Å². The third-order valence-electron chi connectivity index (χ3n) is 3.13. The van der Waals surface area contributed by atoms with Crippen LogP contribution in [0.2, 0.25) is 0 Å². The second-order valence-corrected chi connectivity index (χ2v) is 4.40. The molecule has 1 aliphatic heterocycles. The maximum absolute atomic E-state index is 9.03. The number of ether oxygens (including phenoxy) is 1. The van der Waals surface area contributed by atoms with Crippen molar-refractivity contribution < 1.29 is 4.74 Å². The molecular formula is C12H18N4O. The van der Waals surface area contributed by atoms with Gasteiger partial charge in [-0.2, -0.15) is 10.4 Å². The number of likely N-dealkylation sites (tertiary alicyclic amines) is 1. The smallest absolute Gasteiger partial charge is 0.230 e. The summed E-state index contributed by atoms with van der Waals surface area (Å²) in [6.07, 6.45) is 2.57. The van der Waals surface area contributed by atoms with E-state index >= 15 is 0 Å². The van der Waals surface area contributed by atoms with Gasteiger partial charge < -0.3 is 4.74 Å². The van der Waals surface area contributed by atoms with Crippen molar-refractivity contribution in [1.29, 1.82) is 5.26 Å². The Balaban J connectivity index is 1.92. The maximum atomic E-state index is 9.03. The molecule has 0 aromatic carbocycles. The number of hydrogen-bond donors (Lipinski definition) is 0. The summed E-state index contributed by atoms with van der Waals surface area (Å²) >= 11 is 0.